The number of rotatable bonds is 3. The van der Waals surface area contributed by atoms with Crippen LogP contribution in [0.5, 0.6) is 0 Å². The molecule has 1 aromatic rings. The zero-order valence-corrected chi connectivity index (χ0v) is 11.5. The van der Waals surface area contributed by atoms with Gasteiger partial charge in [-0.25, -0.2) is 13.6 Å². The van der Waals surface area contributed by atoms with Crippen molar-refractivity contribution in [3.8, 4) is 0 Å². The third kappa shape index (κ3) is 2.96. The summed E-state index contributed by atoms with van der Waals surface area (Å²) in [6.45, 7) is 2.12. The molecule has 1 atom stereocenters. The Labute approximate surface area is 120 Å². The van der Waals surface area contributed by atoms with Crippen LogP contribution in [0.3, 0.4) is 0 Å². The number of amides is 2. The zero-order valence-electron chi connectivity index (χ0n) is 11.5. The molecule has 2 N–H and O–H groups in total. The van der Waals surface area contributed by atoms with Gasteiger partial charge in [-0.1, -0.05) is 6.92 Å². The number of carbonyl (C=O) groups excluding carboxylic acids is 1. The van der Waals surface area contributed by atoms with Gasteiger partial charge in [-0.05, 0) is 25.0 Å². The van der Waals surface area contributed by atoms with Crippen molar-refractivity contribution in [1.82, 2.24) is 4.90 Å². The molecule has 0 spiro atoms. The Kier molecular flexibility index (Phi) is 4.11. The number of nitrogens with one attached hydrogen (secondary N) is 1. The quantitative estimate of drug-likeness (QED) is 0.901. The number of likely N-dealkylation sites (tertiary alicyclic amines) is 1. The predicted octanol–water partition coefficient (Wildman–Crippen LogP) is 2.68. The Hall–Kier alpha value is -2.18. The Balaban J connectivity index is 2.07. The molecule has 1 saturated heterocycles. The van der Waals surface area contributed by atoms with Crippen molar-refractivity contribution in [2.45, 2.75) is 19.8 Å². The number of benzene rings is 1. The van der Waals surface area contributed by atoms with Crippen LogP contribution in [-0.2, 0) is 4.79 Å². The summed E-state index contributed by atoms with van der Waals surface area (Å²) in [7, 11) is 0. The average Bonchev–Trinajstić information content (AvgIpc) is 2.88. The fourth-order valence-corrected chi connectivity index (χ4v) is 2.45. The summed E-state index contributed by atoms with van der Waals surface area (Å²) in [6.07, 6.45) is 0.773. The first-order valence-corrected chi connectivity index (χ1v) is 6.62. The van der Waals surface area contributed by atoms with Crippen molar-refractivity contribution in [3.05, 3.63) is 29.8 Å². The number of anilines is 1. The summed E-state index contributed by atoms with van der Waals surface area (Å²) >= 11 is 0. The number of urea groups is 1. The van der Waals surface area contributed by atoms with Crippen molar-refractivity contribution in [3.63, 3.8) is 0 Å². The van der Waals surface area contributed by atoms with Gasteiger partial charge < -0.3 is 15.3 Å². The highest BCUT2D eigenvalue weighted by Gasteiger charge is 2.44. The molecule has 0 saturated carbocycles. The third-order valence-corrected chi connectivity index (χ3v) is 3.94. The molecule has 114 valence electrons. The highest BCUT2D eigenvalue weighted by molar-refractivity contribution is 5.90. The van der Waals surface area contributed by atoms with E-state index in [1.807, 2.05) is 0 Å². The zero-order chi connectivity index (χ0) is 15.6. The van der Waals surface area contributed by atoms with Crippen LogP contribution in [0.2, 0.25) is 0 Å². The van der Waals surface area contributed by atoms with Gasteiger partial charge in [-0.15, -0.1) is 0 Å². The molecule has 0 aliphatic carbocycles. The van der Waals surface area contributed by atoms with Crippen LogP contribution in [0, 0.1) is 17.0 Å². The molecule has 1 heterocycles. The summed E-state index contributed by atoms with van der Waals surface area (Å²) in [4.78, 5) is 24.7. The molecule has 1 fully saturated rings. The standard InChI is InChI=1S/C14H16F2N2O3/c1-2-14(12(19)20)5-6-18(8-14)13(21)17-11-4-3-9(15)7-10(11)16/h3-4,7H,2,5-6,8H2,1H3,(H,17,21)(H,19,20). The van der Waals surface area contributed by atoms with Crippen molar-refractivity contribution >= 4 is 17.7 Å². The number of aliphatic carboxylic acids is 1. The monoisotopic (exact) mass is 298 g/mol. The van der Waals surface area contributed by atoms with Crippen LogP contribution in [0.4, 0.5) is 19.3 Å². The molecule has 1 unspecified atom stereocenters. The smallest absolute Gasteiger partial charge is 0.321 e. The Morgan fingerprint density at radius 1 is 1.43 bits per heavy atom. The second kappa shape index (κ2) is 5.67. The SMILES string of the molecule is CCC1(C(=O)O)CCN(C(=O)Nc2ccc(F)cc2F)C1. The van der Waals surface area contributed by atoms with Crippen LogP contribution in [-0.4, -0.2) is 35.1 Å². The van der Waals surface area contributed by atoms with Gasteiger partial charge in [0.1, 0.15) is 11.6 Å². The molecule has 1 aromatic carbocycles. The molecule has 0 bridgehead atoms. The van der Waals surface area contributed by atoms with E-state index < -0.39 is 29.0 Å². The summed E-state index contributed by atoms with van der Waals surface area (Å²) in [5, 5.41) is 11.6. The first kappa shape index (κ1) is 15.2. The van der Waals surface area contributed by atoms with Gasteiger partial charge in [-0.3, -0.25) is 4.79 Å². The molecular formula is C14H16F2N2O3. The summed E-state index contributed by atoms with van der Waals surface area (Å²) in [5.41, 5.74) is -1.08. The minimum Gasteiger partial charge on any atom is -0.481 e. The maximum atomic E-state index is 13.5. The maximum Gasteiger partial charge on any atom is 0.321 e. The lowest BCUT2D eigenvalue weighted by Gasteiger charge is -2.23. The number of halogens is 2. The second-order valence-corrected chi connectivity index (χ2v) is 5.16. The van der Waals surface area contributed by atoms with Gasteiger partial charge in [-0.2, -0.15) is 0 Å². The highest BCUT2D eigenvalue weighted by atomic mass is 19.1. The summed E-state index contributed by atoms with van der Waals surface area (Å²) in [5.74, 6) is -2.54. The molecule has 5 nitrogen and oxygen atoms in total. The van der Waals surface area contributed by atoms with E-state index in [1.165, 1.54) is 4.90 Å². The Bertz CT molecular complexity index is 579. The van der Waals surface area contributed by atoms with E-state index in [-0.39, 0.29) is 18.8 Å². The number of carboxylic acid groups (broad SMARTS) is 1. The van der Waals surface area contributed by atoms with Crippen molar-refractivity contribution in [2.24, 2.45) is 5.41 Å². The Morgan fingerprint density at radius 2 is 2.14 bits per heavy atom. The average molecular weight is 298 g/mol. The molecule has 0 radical (unpaired) electrons. The van der Waals surface area contributed by atoms with Gasteiger partial charge in [0.2, 0.25) is 0 Å². The predicted molar refractivity (Wildman–Crippen MR) is 71.9 cm³/mol. The lowest BCUT2D eigenvalue weighted by molar-refractivity contribution is -0.148. The molecular weight excluding hydrogens is 282 g/mol. The van der Waals surface area contributed by atoms with Gasteiger partial charge >= 0.3 is 12.0 Å². The topological polar surface area (TPSA) is 69.6 Å². The van der Waals surface area contributed by atoms with Gasteiger partial charge in [0.05, 0.1) is 11.1 Å². The van der Waals surface area contributed by atoms with E-state index in [2.05, 4.69) is 5.32 Å². The Morgan fingerprint density at radius 3 is 2.67 bits per heavy atom. The van der Waals surface area contributed by atoms with E-state index in [0.29, 0.717) is 18.9 Å². The van der Waals surface area contributed by atoms with Crippen LogP contribution < -0.4 is 5.32 Å². The first-order chi connectivity index (χ1) is 9.88. The number of carbonyl (C=O) groups is 2. The van der Waals surface area contributed by atoms with Gasteiger partial charge in [0.25, 0.3) is 0 Å². The van der Waals surface area contributed by atoms with Crippen molar-refractivity contribution < 1.29 is 23.5 Å². The van der Waals surface area contributed by atoms with E-state index in [4.69, 9.17) is 0 Å². The largest absolute Gasteiger partial charge is 0.481 e. The van der Waals surface area contributed by atoms with Crippen LogP contribution in [0.25, 0.3) is 0 Å². The summed E-state index contributed by atoms with van der Waals surface area (Å²) < 4.78 is 26.3. The molecule has 1 aliphatic heterocycles. The van der Waals surface area contributed by atoms with E-state index in [1.54, 1.807) is 6.92 Å². The minimum atomic E-state index is -0.946. The van der Waals surface area contributed by atoms with Gasteiger partial charge in [0.15, 0.2) is 0 Å². The normalized spacial score (nSPS) is 21.4. The molecule has 0 aromatic heterocycles. The fraction of sp³-hybridized carbons (Fsp3) is 0.429. The number of carboxylic acids is 1. The highest BCUT2D eigenvalue weighted by Crippen LogP contribution is 2.34. The maximum absolute atomic E-state index is 13.5. The first-order valence-electron chi connectivity index (χ1n) is 6.62. The number of nitrogens with zero attached hydrogens (tertiary/aromatic N) is 1. The van der Waals surface area contributed by atoms with E-state index >= 15 is 0 Å². The van der Waals surface area contributed by atoms with E-state index in [9.17, 15) is 23.5 Å². The van der Waals surface area contributed by atoms with Crippen molar-refractivity contribution in [1.29, 1.82) is 0 Å². The fourth-order valence-electron chi connectivity index (χ4n) is 2.45. The van der Waals surface area contributed by atoms with Crippen molar-refractivity contribution in [2.75, 3.05) is 18.4 Å². The third-order valence-electron chi connectivity index (χ3n) is 3.94. The lowest BCUT2D eigenvalue weighted by Crippen LogP contribution is -2.38. The van der Waals surface area contributed by atoms with Crippen LogP contribution in [0.1, 0.15) is 19.8 Å². The summed E-state index contributed by atoms with van der Waals surface area (Å²) in [6, 6.07) is 2.25. The molecule has 21 heavy (non-hydrogen) atoms. The lowest BCUT2D eigenvalue weighted by atomic mass is 9.84. The number of hydrogen-bond donors (Lipinski definition) is 2. The molecule has 2 amide bonds. The molecule has 7 heteroatoms. The molecule has 1 aliphatic rings. The van der Waals surface area contributed by atoms with Gasteiger partial charge in [0, 0.05) is 19.2 Å². The second-order valence-electron chi connectivity index (χ2n) is 5.16. The number of hydrogen-bond acceptors (Lipinski definition) is 2. The van der Waals surface area contributed by atoms with Crippen LogP contribution >= 0.6 is 0 Å². The minimum absolute atomic E-state index is 0.0769. The molecule has 2 rings (SSSR count). The van der Waals surface area contributed by atoms with Crippen LogP contribution in [0.15, 0.2) is 18.2 Å². The van der Waals surface area contributed by atoms with E-state index in [0.717, 1.165) is 12.1 Å².